The van der Waals surface area contributed by atoms with Gasteiger partial charge in [-0.25, -0.2) is 9.82 Å². The van der Waals surface area contributed by atoms with Gasteiger partial charge in [0.25, 0.3) is 0 Å². The Hall–Kier alpha value is -1.46. The number of nitrogens with one attached hydrogen (secondary N) is 3. The van der Waals surface area contributed by atoms with Crippen LogP contribution in [-0.4, -0.2) is 19.0 Å². The molecule has 0 saturated carbocycles. The molecule has 0 aliphatic carbocycles. The number of halogens is 1. The Morgan fingerprint density at radius 3 is 2.61 bits per heavy atom. The average molecular weight is 251 g/mol. The lowest BCUT2D eigenvalue weighted by Crippen LogP contribution is -2.44. The lowest BCUT2D eigenvalue weighted by atomic mass is 9.98. The van der Waals surface area contributed by atoms with E-state index in [2.05, 4.69) is 16.2 Å². The number of piperidine rings is 1. The van der Waals surface area contributed by atoms with E-state index in [1.807, 2.05) is 0 Å². The van der Waals surface area contributed by atoms with E-state index < -0.39 is 0 Å². The predicted molar refractivity (Wildman–Crippen MR) is 67.0 cm³/mol. The molecule has 1 aliphatic rings. The van der Waals surface area contributed by atoms with Crippen molar-refractivity contribution >= 4 is 5.91 Å². The van der Waals surface area contributed by atoms with Gasteiger partial charge >= 0.3 is 0 Å². The van der Waals surface area contributed by atoms with Crippen molar-refractivity contribution < 1.29 is 9.18 Å². The van der Waals surface area contributed by atoms with Gasteiger partial charge < -0.3 is 5.32 Å². The third kappa shape index (κ3) is 3.78. The van der Waals surface area contributed by atoms with E-state index in [0.717, 1.165) is 31.5 Å². The molecule has 0 unspecified atom stereocenters. The molecule has 1 aliphatic heterocycles. The van der Waals surface area contributed by atoms with Crippen LogP contribution in [0.3, 0.4) is 0 Å². The lowest BCUT2D eigenvalue weighted by Gasteiger charge is -2.21. The molecule has 0 bridgehead atoms. The minimum atomic E-state index is -0.252. The van der Waals surface area contributed by atoms with Gasteiger partial charge in [0.2, 0.25) is 5.91 Å². The van der Waals surface area contributed by atoms with Crippen LogP contribution in [0, 0.1) is 11.7 Å². The summed E-state index contributed by atoms with van der Waals surface area (Å²) >= 11 is 0. The molecule has 0 atom stereocenters. The van der Waals surface area contributed by atoms with Crippen molar-refractivity contribution in [3.63, 3.8) is 0 Å². The van der Waals surface area contributed by atoms with E-state index >= 15 is 0 Å². The molecule has 5 heteroatoms. The van der Waals surface area contributed by atoms with E-state index in [0.29, 0.717) is 6.54 Å². The minimum absolute atomic E-state index is 0.0404. The molecule has 0 radical (unpaired) electrons. The predicted octanol–water partition coefficient (Wildman–Crippen LogP) is 0.946. The largest absolute Gasteiger partial charge is 0.317 e. The number of carbonyl (C=O) groups is 1. The van der Waals surface area contributed by atoms with Crippen molar-refractivity contribution in [2.45, 2.75) is 19.4 Å². The summed E-state index contributed by atoms with van der Waals surface area (Å²) in [7, 11) is 0. The number of carbonyl (C=O) groups excluding carboxylic acids is 1. The Labute approximate surface area is 106 Å². The van der Waals surface area contributed by atoms with E-state index in [-0.39, 0.29) is 17.6 Å². The number of hydrogen-bond donors (Lipinski definition) is 3. The maximum absolute atomic E-state index is 12.7. The number of hydrazine groups is 1. The molecule has 0 spiro atoms. The third-order valence-corrected chi connectivity index (χ3v) is 3.13. The first-order valence-corrected chi connectivity index (χ1v) is 6.23. The summed E-state index contributed by atoms with van der Waals surface area (Å²) in [5.41, 5.74) is 6.51. The number of rotatable bonds is 4. The first-order chi connectivity index (χ1) is 8.75. The van der Waals surface area contributed by atoms with Gasteiger partial charge in [-0.15, -0.1) is 0 Å². The highest BCUT2D eigenvalue weighted by Crippen LogP contribution is 2.10. The molecule has 2 rings (SSSR count). The lowest BCUT2D eigenvalue weighted by molar-refractivity contribution is -0.126. The molecule has 1 heterocycles. The van der Waals surface area contributed by atoms with Crippen LogP contribution in [0.25, 0.3) is 0 Å². The van der Waals surface area contributed by atoms with Crippen molar-refractivity contribution in [2.24, 2.45) is 5.92 Å². The standard InChI is InChI=1S/C13H18FN3O/c14-12-3-1-10(2-4-12)9-16-17-13(18)11-5-7-15-8-6-11/h1-4,11,15-16H,5-9H2,(H,17,18). The summed E-state index contributed by atoms with van der Waals surface area (Å²) < 4.78 is 12.7. The fraction of sp³-hybridized carbons (Fsp3) is 0.462. The molecule has 3 N–H and O–H groups in total. The van der Waals surface area contributed by atoms with Crippen LogP contribution in [-0.2, 0) is 11.3 Å². The summed E-state index contributed by atoms with van der Waals surface area (Å²) in [6.45, 7) is 2.29. The smallest absolute Gasteiger partial charge is 0.237 e. The monoisotopic (exact) mass is 251 g/mol. The second-order valence-corrected chi connectivity index (χ2v) is 4.49. The summed E-state index contributed by atoms with van der Waals surface area (Å²) in [6.07, 6.45) is 1.76. The van der Waals surface area contributed by atoms with Crippen molar-refractivity contribution in [2.75, 3.05) is 13.1 Å². The van der Waals surface area contributed by atoms with Crippen LogP contribution in [0.1, 0.15) is 18.4 Å². The highest BCUT2D eigenvalue weighted by molar-refractivity contribution is 5.78. The maximum Gasteiger partial charge on any atom is 0.237 e. The molecular weight excluding hydrogens is 233 g/mol. The van der Waals surface area contributed by atoms with Crippen molar-refractivity contribution in [3.05, 3.63) is 35.6 Å². The third-order valence-electron chi connectivity index (χ3n) is 3.13. The molecule has 1 saturated heterocycles. The highest BCUT2D eigenvalue weighted by atomic mass is 19.1. The van der Waals surface area contributed by atoms with Crippen LogP contribution in [0.15, 0.2) is 24.3 Å². The number of amides is 1. The Balaban J connectivity index is 1.71. The second kappa shape index (κ2) is 6.47. The van der Waals surface area contributed by atoms with E-state index in [1.165, 1.54) is 12.1 Å². The first-order valence-electron chi connectivity index (χ1n) is 6.23. The number of benzene rings is 1. The van der Waals surface area contributed by atoms with Gasteiger partial charge in [0.15, 0.2) is 0 Å². The average Bonchev–Trinajstić information content (AvgIpc) is 2.42. The topological polar surface area (TPSA) is 53.2 Å². The van der Waals surface area contributed by atoms with Crippen LogP contribution in [0.4, 0.5) is 4.39 Å². The summed E-state index contributed by atoms with van der Waals surface area (Å²) in [4.78, 5) is 11.8. The highest BCUT2D eigenvalue weighted by Gasteiger charge is 2.20. The van der Waals surface area contributed by atoms with Crippen molar-refractivity contribution in [3.8, 4) is 0 Å². The molecule has 1 aromatic carbocycles. The van der Waals surface area contributed by atoms with Crippen LogP contribution in [0.2, 0.25) is 0 Å². The molecule has 0 aromatic heterocycles. The van der Waals surface area contributed by atoms with E-state index in [4.69, 9.17) is 0 Å². The normalized spacial score (nSPS) is 16.5. The van der Waals surface area contributed by atoms with Gasteiger partial charge in [-0.2, -0.15) is 0 Å². The fourth-order valence-electron chi connectivity index (χ4n) is 2.02. The molecule has 18 heavy (non-hydrogen) atoms. The quantitative estimate of drug-likeness (QED) is 0.698. The Morgan fingerprint density at radius 1 is 1.28 bits per heavy atom. The Kier molecular flexibility index (Phi) is 4.66. The van der Waals surface area contributed by atoms with Crippen molar-refractivity contribution in [1.29, 1.82) is 0 Å². The van der Waals surface area contributed by atoms with E-state index in [1.54, 1.807) is 12.1 Å². The molecule has 1 fully saturated rings. The van der Waals surface area contributed by atoms with Gasteiger partial charge in [0.05, 0.1) is 0 Å². The zero-order valence-corrected chi connectivity index (χ0v) is 10.2. The zero-order valence-electron chi connectivity index (χ0n) is 10.2. The fourth-order valence-corrected chi connectivity index (χ4v) is 2.02. The van der Waals surface area contributed by atoms with Gasteiger partial charge in [0.1, 0.15) is 5.82 Å². The van der Waals surface area contributed by atoms with Gasteiger partial charge in [-0.3, -0.25) is 10.2 Å². The van der Waals surface area contributed by atoms with Crippen LogP contribution in [0.5, 0.6) is 0 Å². The maximum atomic E-state index is 12.7. The number of hydrogen-bond acceptors (Lipinski definition) is 3. The van der Waals surface area contributed by atoms with Crippen LogP contribution >= 0.6 is 0 Å². The van der Waals surface area contributed by atoms with Gasteiger partial charge in [-0.1, -0.05) is 12.1 Å². The van der Waals surface area contributed by atoms with Crippen LogP contribution < -0.4 is 16.2 Å². The summed E-state index contributed by atoms with van der Waals surface area (Å²) in [5, 5.41) is 3.22. The van der Waals surface area contributed by atoms with Gasteiger partial charge in [-0.05, 0) is 43.6 Å². The summed E-state index contributed by atoms with van der Waals surface area (Å²) in [6, 6.07) is 6.20. The Morgan fingerprint density at radius 2 is 1.94 bits per heavy atom. The van der Waals surface area contributed by atoms with E-state index in [9.17, 15) is 9.18 Å². The zero-order chi connectivity index (χ0) is 12.8. The van der Waals surface area contributed by atoms with Gasteiger partial charge in [0, 0.05) is 12.5 Å². The first kappa shape index (κ1) is 13.0. The SMILES string of the molecule is O=C(NNCc1ccc(F)cc1)C1CCNCC1. The van der Waals surface area contributed by atoms with Crippen molar-refractivity contribution in [1.82, 2.24) is 16.2 Å². The molecule has 98 valence electrons. The second-order valence-electron chi connectivity index (χ2n) is 4.49. The molecule has 4 nitrogen and oxygen atoms in total. The molecule has 1 aromatic rings. The molecular formula is C13H18FN3O. The summed E-state index contributed by atoms with van der Waals surface area (Å²) in [5.74, 6) is -0.122. The Bertz CT molecular complexity index is 388. The molecule has 1 amide bonds. The minimum Gasteiger partial charge on any atom is -0.317 e.